The summed E-state index contributed by atoms with van der Waals surface area (Å²) in [6, 6.07) is 13.4. The maximum Gasteiger partial charge on any atom is 0.272 e. The molecule has 0 spiro atoms. The van der Waals surface area contributed by atoms with Crippen molar-refractivity contribution in [2.45, 2.75) is 39.9 Å². The van der Waals surface area contributed by atoms with Gasteiger partial charge in [-0.25, -0.2) is 0 Å². The molecular formula is C22H24N4O3. The summed E-state index contributed by atoms with van der Waals surface area (Å²) in [5.74, 6) is 1.05. The second-order valence-corrected chi connectivity index (χ2v) is 7.40. The number of carbonyl (C=O) groups excluding carboxylic acids is 2. The summed E-state index contributed by atoms with van der Waals surface area (Å²) < 4.78 is 7.10. The minimum atomic E-state index is -0.322. The van der Waals surface area contributed by atoms with Crippen LogP contribution in [0.4, 0.5) is 0 Å². The first kappa shape index (κ1) is 19.0. The molecule has 2 amide bonds. The lowest BCUT2D eigenvalue weighted by atomic mass is 10.1. The van der Waals surface area contributed by atoms with Gasteiger partial charge in [-0.3, -0.25) is 14.3 Å². The average molecular weight is 392 g/mol. The van der Waals surface area contributed by atoms with Crippen molar-refractivity contribution in [3.63, 3.8) is 0 Å². The van der Waals surface area contributed by atoms with Gasteiger partial charge in [0.1, 0.15) is 17.2 Å². The van der Waals surface area contributed by atoms with Gasteiger partial charge >= 0.3 is 0 Å². The number of rotatable bonds is 5. The van der Waals surface area contributed by atoms with E-state index in [4.69, 9.17) is 4.42 Å². The third-order valence-electron chi connectivity index (χ3n) is 5.03. The number of nitrogens with zero attached hydrogens (tertiary/aromatic N) is 3. The topological polar surface area (TPSA) is 80.4 Å². The Kier molecular flexibility index (Phi) is 5.20. The second kappa shape index (κ2) is 7.95. The molecule has 7 nitrogen and oxygen atoms in total. The van der Waals surface area contributed by atoms with Crippen molar-refractivity contribution in [1.82, 2.24) is 20.0 Å². The molecule has 0 unspecified atom stereocenters. The molecule has 150 valence electrons. The van der Waals surface area contributed by atoms with Crippen LogP contribution in [-0.2, 0) is 19.6 Å². The molecule has 0 saturated carbocycles. The molecular weight excluding hydrogens is 368 g/mol. The van der Waals surface area contributed by atoms with E-state index in [1.165, 1.54) is 5.56 Å². The number of hydrogen-bond donors (Lipinski definition) is 1. The van der Waals surface area contributed by atoms with Gasteiger partial charge in [-0.1, -0.05) is 29.8 Å². The van der Waals surface area contributed by atoms with Gasteiger partial charge in [0, 0.05) is 25.7 Å². The second-order valence-electron chi connectivity index (χ2n) is 7.40. The first-order valence-electron chi connectivity index (χ1n) is 9.76. The van der Waals surface area contributed by atoms with Crippen LogP contribution in [0, 0.1) is 13.8 Å². The number of furan rings is 1. The van der Waals surface area contributed by atoms with Crippen molar-refractivity contribution in [3.8, 4) is 0 Å². The smallest absolute Gasteiger partial charge is 0.272 e. The van der Waals surface area contributed by atoms with Crippen LogP contribution < -0.4 is 5.32 Å². The minimum absolute atomic E-state index is 0.101. The van der Waals surface area contributed by atoms with Gasteiger partial charge in [0.25, 0.3) is 11.8 Å². The van der Waals surface area contributed by atoms with Crippen LogP contribution in [0.25, 0.3) is 0 Å². The number of aromatic nitrogens is 2. The Morgan fingerprint density at radius 1 is 1.14 bits per heavy atom. The van der Waals surface area contributed by atoms with Crippen LogP contribution in [0.2, 0.25) is 0 Å². The van der Waals surface area contributed by atoms with E-state index in [1.54, 1.807) is 10.7 Å². The number of amides is 2. The third-order valence-corrected chi connectivity index (χ3v) is 5.03. The molecule has 7 heteroatoms. The lowest BCUT2D eigenvalue weighted by Crippen LogP contribution is -2.30. The molecule has 0 atom stereocenters. The lowest BCUT2D eigenvalue weighted by Gasteiger charge is -2.20. The van der Waals surface area contributed by atoms with Gasteiger partial charge in [-0.2, -0.15) is 5.10 Å². The SMILES string of the molecule is Cc1ccc(CN2CCCn3nc(C(=O)NCc4ccc(C)o4)cc3C2=O)cc1. The van der Waals surface area contributed by atoms with E-state index in [9.17, 15) is 9.59 Å². The summed E-state index contributed by atoms with van der Waals surface area (Å²) in [5, 5.41) is 7.15. The average Bonchev–Trinajstić information content (AvgIpc) is 3.29. The highest BCUT2D eigenvalue weighted by atomic mass is 16.3. The fourth-order valence-electron chi connectivity index (χ4n) is 3.45. The Morgan fingerprint density at radius 2 is 1.93 bits per heavy atom. The summed E-state index contributed by atoms with van der Waals surface area (Å²) in [6.07, 6.45) is 0.791. The van der Waals surface area contributed by atoms with Gasteiger partial charge in [0.05, 0.1) is 6.54 Å². The molecule has 1 N–H and O–H groups in total. The third kappa shape index (κ3) is 4.23. The Labute approximate surface area is 169 Å². The van der Waals surface area contributed by atoms with Crippen LogP contribution >= 0.6 is 0 Å². The number of benzene rings is 1. The van der Waals surface area contributed by atoms with E-state index in [-0.39, 0.29) is 24.1 Å². The molecule has 0 aliphatic carbocycles. The summed E-state index contributed by atoms with van der Waals surface area (Å²) >= 11 is 0. The summed E-state index contributed by atoms with van der Waals surface area (Å²) in [4.78, 5) is 27.3. The van der Waals surface area contributed by atoms with Crippen LogP contribution in [0.15, 0.2) is 46.9 Å². The van der Waals surface area contributed by atoms with Crippen molar-refractivity contribution in [2.24, 2.45) is 0 Å². The summed E-state index contributed by atoms with van der Waals surface area (Å²) in [5.41, 5.74) is 2.97. The predicted molar refractivity (Wildman–Crippen MR) is 107 cm³/mol. The Morgan fingerprint density at radius 3 is 2.66 bits per heavy atom. The van der Waals surface area contributed by atoms with E-state index < -0.39 is 0 Å². The zero-order chi connectivity index (χ0) is 20.4. The molecule has 1 aliphatic heterocycles. The largest absolute Gasteiger partial charge is 0.465 e. The predicted octanol–water partition coefficient (Wildman–Crippen LogP) is 3.07. The van der Waals surface area contributed by atoms with Crippen molar-refractivity contribution >= 4 is 11.8 Å². The van der Waals surface area contributed by atoms with E-state index in [0.717, 1.165) is 17.7 Å². The first-order valence-corrected chi connectivity index (χ1v) is 9.76. The van der Waals surface area contributed by atoms with E-state index in [0.29, 0.717) is 31.1 Å². The van der Waals surface area contributed by atoms with E-state index in [2.05, 4.69) is 10.4 Å². The van der Waals surface area contributed by atoms with Crippen molar-refractivity contribution in [3.05, 3.63) is 76.5 Å². The van der Waals surface area contributed by atoms with Crippen molar-refractivity contribution in [2.75, 3.05) is 6.54 Å². The van der Waals surface area contributed by atoms with E-state index >= 15 is 0 Å². The molecule has 3 heterocycles. The highest BCUT2D eigenvalue weighted by molar-refractivity contribution is 5.98. The maximum atomic E-state index is 13.0. The fraction of sp³-hybridized carbons (Fsp3) is 0.318. The summed E-state index contributed by atoms with van der Waals surface area (Å²) in [7, 11) is 0. The first-order chi connectivity index (χ1) is 14.0. The van der Waals surface area contributed by atoms with Crippen LogP contribution in [0.5, 0.6) is 0 Å². The zero-order valence-electron chi connectivity index (χ0n) is 16.6. The highest BCUT2D eigenvalue weighted by Crippen LogP contribution is 2.17. The highest BCUT2D eigenvalue weighted by Gasteiger charge is 2.26. The Bertz CT molecular complexity index is 1030. The lowest BCUT2D eigenvalue weighted by molar-refractivity contribution is 0.0745. The molecule has 0 saturated heterocycles. The van der Waals surface area contributed by atoms with Gasteiger partial charge in [0.15, 0.2) is 5.69 Å². The molecule has 1 aromatic carbocycles. The molecule has 0 radical (unpaired) electrons. The van der Waals surface area contributed by atoms with Crippen molar-refractivity contribution < 1.29 is 14.0 Å². The monoisotopic (exact) mass is 392 g/mol. The molecule has 3 aromatic rings. The molecule has 1 aliphatic rings. The Balaban J connectivity index is 1.47. The minimum Gasteiger partial charge on any atom is -0.465 e. The normalized spacial score (nSPS) is 13.9. The number of nitrogens with one attached hydrogen (secondary N) is 1. The maximum absolute atomic E-state index is 13.0. The number of fused-ring (bicyclic) bond motifs is 1. The van der Waals surface area contributed by atoms with Crippen LogP contribution in [-0.4, -0.2) is 33.0 Å². The van der Waals surface area contributed by atoms with E-state index in [1.807, 2.05) is 55.1 Å². The quantitative estimate of drug-likeness (QED) is 0.724. The van der Waals surface area contributed by atoms with Crippen LogP contribution in [0.3, 0.4) is 0 Å². The number of aryl methyl sites for hydroxylation is 3. The van der Waals surface area contributed by atoms with Gasteiger partial charge in [-0.05, 0) is 38.0 Å². The molecule has 4 rings (SSSR count). The molecule has 29 heavy (non-hydrogen) atoms. The zero-order valence-corrected chi connectivity index (χ0v) is 16.6. The van der Waals surface area contributed by atoms with Crippen molar-refractivity contribution in [1.29, 1.82) is 0 Å². The van der Waals surface area contributed by atoms with Crippen LogP contribution in [0.1, 0.15) is 50.0 Å². The molecule has 2 aromatic heterocycles. The van der Waals surface area contributed by atoms with Gasteiger partial charge in [-0.15, -0.1) is 0 Å². The standard InChI is InChI=1S/C22H24N4O3/c1-15-4-7-17(8-5-15)14-25-10-3-11-26-20(22(25)28)12-19(24-26)21(27)23-13-18-9-6-16(2)29-18/h4-9,12H,3,10-11,13-14H2,1-2H3,(H,23,27). The molecule has 0 fully saturated rings. The fourth-order valence-corrected chi connectivity index (χ4v) is 3.45. The molecule has 0 bridgehead atoms. The Hall–Kier alpha value is -3.35. The van der Waals surface area contributed by atoms with Gasteiger partial charge in [0.2, 0.25) is 0 Å². The number of hydrogen-bond acceptors (Lipinski definition) is 4. The number of carbonyl (C=O) groups is 2. The summed E-state index contributed by atoms with van der Waals surface area (Å²) in [6.45, 7) is 5.99. The van der Waals surface area contributed by atoms with Gasteiger partial charge < -0.3 is 14.6 Å².